The van der Waals surface area contributed by atoms with Crippen LogP contribution in [0.2, 0.25) is 0 Å². The molecule has 1 atom stereocenters. The van der Waals surface area contributed by atoms with E-state index in [4.69, 9.17) is 9.47 Å². The van der Waals surface area contributed by atoms with Crippen molar-refractivity contribution in [2.45, 2.75) is 24.8 Å². The van der Waals surface area contributed by atoms with Gasteiger partial charge in [-0.3, -0.25) is 4.79 Å². The highest BCUT2D eigenvalue weighted by Crippen LogP contribution is 2.32. The molecule has 0 amide bonds. The van der Waals surface area contributed by atoms with Gasteiger partial charge in [0.15, 0.2) is 0 Å². The molecule has 3 aromatic rings. The predicted molar refractivity (Wildman–Crippen MR) is 120 cm³/mol. The SMILES string of the molecule is Cc1cnc(-c2cc(Oc3ccc(S(=O)(=O)N(C)C)cc3)cc(OC(C)CO)c2)[nH]c1=O. The van der Waals surface area contributed by atoms with E-state index in [1.54, 1.807) is 44.2 Å². The maximum Gasteiger partial charge on any atom is 0.254 e. The summed E-state index contributed by atoms with van der Waals surface area (Å²) in [5.74, 6) is 1.54. The van der Waals surface area contributed by atoms with Gasteiger partial charge in [-0.25, -0.2) is 17.7 Å². The number of nitrogens with zero attached hydrogens (tertiary/aromatic N) is 2. The Labute approximate surface area is 186 Å². The monoisotopic (exact) mass is 459 g/mol. The van der Waals surface area contributed by atoms with Crippen molar-refractivity contribution in [1.29, 1.82) is 0 Å². The molecule has 0 aliphatic rings. The summed E-state index contributed by atoms with van der Waals surface area (Å²) < 4.78 is 37.2. The number of ether oxygens (including phenoxy) is 2. The van der Waals surface area contributed by atoms with E-state index in [1.807, 2.05) is 0 Å². The molecule has 0 saturated carbocycles. The number of H-pyrrole nitrogens is 1. The first-order valence-corrected chi connectivity index (χ1v) is 11.2. The fourth-order valence-corrected chi connectivity index (χ4v) is 3.64. The first-order valence-electron chi connectivity index (χ1n) is 9.79. The third-order valence-electron chi connectivity index (χ3n) is 4.56. The average molecular weight is 460 g/mol. The van der Waals surface area contributed by atoms with Gasteiger partial charge >= 0.3 is 0 Å². The minimum Gasteiger partial charge on any atom is -0.488 e. The Morgan fingerprint density at radius 3 is 2.34 bits per heavy atom. The molecule has 1 heterocycles. The maximum absolute atomic E-state index is 12.2. The third-order valence-corrected chi connectivity index (χ3v) is 6.39. The molecule has 2 N–H and O–H groups in total. The molecule has 0 saturated heterocycles. The van der Waals surface area contributed by atoms with Crippen LogP contribution in [0.15, 0.2) is 58.4 Å². The number of aliphatic hydroxyl groups is 1. The molecule has 1 aromatic heterocycles. The minimum atomic E-state index is -3.55. The summed E-state index contributed by atoms with van der Waals surface area (Å²) in [6.07, 6.45) is 1.02. The number of benzene rings is 2. The van der Waals surface area contributed by atoms with Gasteiger partial charge in [-0.05, 0) is 50.2 Å². The average Bonchev–Trinajstić information content (AvgIpc) is 2.75. The lowest BCUT2D eigenvalue weighted by Gasteiger charge is -2.15. The summed E-state index contributed by atoms with van der Waals surface area (Å²) in [5, 5.41) is 9.32. The smallest absolute Gasteiger partial charge is 0.254 e. The molecule has 3 rings (SSSR count). The highest BCUT2D eigenvalue weighted by Gasteiger charge is 2.17. The zero-order valence-electron chi connectivity index (χ0n) is 18.2. The van der Waals surface area contributed by atoms with Gasteiger partial charge in [-0.1, -0.05) is 0 Å². The van der Waals surface area contributed by atoms with E-state index in [0.29, 0.717) is 34.2 Å². The summed E-state index contributed by atoms with van der Waals surface area (Å²) in [4.78, 5) is 19.1. The van der Waals surface area contributed by atoms with Gasteiger partial charge in [0.25, 0.3) is 5.56 Å². The Balaban J connectivity index is 1.97. The number of aromatic amines is 1. The molecule has 2 aromatic carbocycles. The molecule has 0 bridgehead atoms. The number of aromatic nitrogens is 2. The lowest BCUT2D eigenvalue weighted by molar-refractivity contribution is 0.129. The van der Waals surface area contributed by atoms with Crippen LogP contribution >= 0.6 is 0 Å². The maximum atomic E-state index is 12.2. The summed E-state index contributed by atoms with van der Waals surface area (Å²) in [7, 11) is -0.624. The van der Waals surface area contributed by atoms with Crippen molar-refractivity contribution in [3.8, 4) is 28.6 Å². The molecular weight excluding hydrogens is 434 g/mol. The summed E-state index contributed by atoms with van der Waals surface area (Å²) in [5.41, 5.74) is 0.774. The molecule has 1 unspecified atom stereocenters. The van der Waals surface area contributed by atoms with Crippen molar-refractivity contribution in [3.63, 3.8) is 0 Å². The number of hydrogen-bond donors (Lipinski definition) is 2. The molecule has 0 aliphatic heterocycles. The largest absolute Gasteiger partial charge is 0.488 e. The Morgan fingerprint density at radius 1 is 1.09 bits per heavy atom. The lowest BCUT2D eigenvalue weighted by Crippen LogP contribution is -2.22. The first kappa shape index (κ1) is 23.5. The molecular formula is C22H25N3O6S. The van der Waals surface area contributed by atoms with Gasteiger partial charge in [-0.2, -0.15) is 0 Å². The standard InChI is InChI=1S/C22H25N3O6S/c1-14-12-23-21(24-22(14)27)16-9-18(30-15(2)13-26)11-19(10-16)31-17-5-7-20(8-6-17)32(28,29)25(3)4/h5-12,15,26H,13H2,1-4H3,(H,23,24,27). The second kappa shape index (κ2) is 9.51. The summed E-state index contributed by atoms with van der Waals surface area (Å²) >= 11 is 0. The molecule has 0 fully saturated rings. The predicted octanol–water partition coefficient (Wildman–Crippen LogP) is 2.55. The molecule has 170 valence electrons. The van der Waals surface area contributed by atoms with Crippen LogP contribution in [0.1, 0.15) is 12.5 Å². The molecule has 0 aliphatic carbocycles. The van der Waals surface area contributed by atoms with Crippen LogP contribution in [0.3, 0.4) is 0 Å². The van der Waals surface area contributed by atoms with Crippen LogP contribution in [-0.4, -0.2) is 54.6 Å². The van der Waals surface area contributed by atoms with Gasteiger partial charge < -0.3 is 19.6 Å². The minimum absolute atomic E-state index is 0.144. The first-order chi connectivity index (χ1) is 15.1. The Hall–Kier alpha value is -3.21. The fourth-order valence-electron chi connectivity index (χ4n) is 2.74. The summed E-state index contributed by atoms with van der Waals surface area (Å²) in [6.45, 7) is 3.19. The van der Waals surface area contributed by atoms with E-state index in [1.165, 1.54) is 32.4 Å². The van der Waals surface area contributed by atoms with E-state index < -0.39 is 16.1 Å². The topological polar surface area (TPSA) is 122 Å². The quantitative estimate of drug-likeness (QED) is 0.531. The number of nitrogens with one attached hydrogen (secondary N) is 1. The van der Waals surface area contributed by atoms with Crippen molar-refractivity contribution in [1.82, 2.24) is 14.3 Å². The third kappa shape index (κ3) is 5.34. The number of aryl methyl sites for hydroxylation is 1. The van der Waals surface area contributed by atoms with Gasteiger partial charge in [0.1, 0.15) is 29.2 Å². The second-order valence-corrected chi connectivity index (χ2v) is 9.56. The van der Waals surface area contributed by atoms with Crippen molar-refractivity contribution in [2.75, 3.05) is 20.7 Å². The Morgan fingerprint density at radius 2 is 1.75 bits per heavy atom. The number of sulfonamides is 1. The van der Waals surface area contributed by atoms with Gasteiger partial charge in [0.2, 0.25) is 10.0 Å². The highest BCUT2D eigenvalue weighted by atomic mass is 32.2. The van der Waals surface area contributed by atoms with Crippen LogP contribution in [0.4, 0.5) is 0 Å². The zero-order valence-corrected chi connectivity index (χ0v) is 19.0. The van der Waals surface area contributed by atoms with Crippen molar-refractivity contribution in [3.05, 3.63) is 64.6 Å². The van der Waals surface area contributed by atoms with Crippen LogP contribution in [0.25, 0.3) is 11.4 Å². The van der Waals surface area contributed by atoms with Gasteiger partial charge in [-0.15, -0.1) is 0 Å². The van der Waals surface area contributed by atoms with Crippen LogP contribution in [0.5, 0.6) is 17.2 Å². The van der Waals surface area contributed by atoms with Crippen LogP contribution in [-0.2, 0) is 10.0 Å². The van der Waals surface area contributed by atoms with Crippen LogP contribution in [0, 0.1) is 6.92 Å². The van der Waals surface area contributed by atoms with E-state index in [-0.39, 0.29) is 17.1 Å². The van der Waals surface area contributed by atoms with Crippen molar-refractivity contribution < 1.29 is 23.0 Å². The molecule has 32 heavy (non-hydrogen) atoms. The van der Waals surface area contributed by atoms with Crippen molar-refractivity contribution >= 4 is 10.0 Å². The lowest BCUT2D eigenvalue weighted by atomic mass is 10.1. The highest BCUT2D eigenvalue weighted by molar-refractivity contribution is 7.89. The second-order valence-electron chi connectivity index (χ2n) is 7.41. The molecule has 9 nitrogen and oxygen atoms in total. The Bertz CT molecular complexity index is 1250. The van der Waals surface area contributed by atoms with Gasteiger partial charge in [0.05, 0.1) is 11.5 Å². The zero-order chi connectivity index (χ0) is 23.5. The number of hydrogen-bond acceptors (Lipinski definition) is 7. The summed E-state index contributed by atoms with van der Waals surface area (Å²) in [6, 6.07) is 11.0. The molecule has 0 spiro atoms. The number of aliphatic hydroxyl groups excluding tert-OH is 1. The molecule has 10 heteroatoms. The van der Waals surface area contributed by atoms with E-state index >= 15 is 0 Å². The molecule has 0 radical (unpaired) electrons. The van der Waals surface area contributed by atoms with Crippen molar-refractivity contribution in [2.24, 2.45) is 0 Å². The Kier molecular flexibility index (Phi) is 6.97. The van der Waals surface area contributed by atoms with Gasteiger partial charge in [0, 0.05) is 37.5 Å². The fraction of sp³-hybridized carbons (Fsp3) is 0.273. The van der Waals surface area contributed by atoms with Crippen LogP contribution < -0.4 is 15.0 Å². The number of rotatable bonds is 8. The van der Waals surface area contributed by atoms with E-state index in [9.17, 15) is 18.3 Å². The normalized spacial score (nSPS) is 12.6. The van der Waals surface area contributed by atoms with E-state index in [2.05, 4.69) is 9.97 Å². The van der Waals surface area contributed by atoms with E-state index in [0.717, 1.165) is 4.31 Å².